The molecule has 0 spiro atoms. The summed E-state index contributed by atoms with van der Waals surface area (Å²) in [5.41, 5.74) is 0. The van der Waals surface area contributed by atoms with E-state index in [1.165, 1.54) is 19.3 Å². The Kier molecular flexibility index (Phi) is 2.16. The fraction of sp³-hybridized carbons (Fsp3) is 0.900. The van der Waals surface area contributed by atoms with E-state index < -0.39 is 0 Å². The van der Waals surface area contributed by atoms with Crippen LogP contribution in [0.1, 0.15) is 44.9 Å². The normalized spacial score (nSPS) is 42.4. The van der Waals surface area contributed by atoms with Crippen LogP contribution in [-0.4, -0.2) is 10.7 Å². The highest BCUT2D eigenvalue weighted by molar-refractivity contribution is 6.24. The zero-order chi connectivity index (χ0) is 8.60. The van der Waals surface area contributed by atoms with Crippen molar-refractivity contribution < 1.29 is 4.79 Å². The summed E-state index contributed by atoms with van der Waals surface area (Å²) < 4.78 is 0. The number of ketones is 1. The van der Waals surface area contributed by atoms with E-state index in [9.17, 15) is 4.79 Å². The molecule has 0 unspecified atom stereocenters. The predicted molar refractivity (Wildman–Crippen MR) is 49.4 cm³/mol. The minimum absolute atomic E-state index is 0.00611. The molecule has 2 aliphatic rings. The second-order valence-electron chi connectivity index (χ2n) is 4.22. The highest BCUT2D eigenvalue weighted by atomic mass is 35.5. The van der Waals surface area contributed by atoms with Crippen molar-refractivity contribution in [3.05, 3.63) is 0 Å². The molecule has 0 aromatic heterocycles. The first-order valence-corrected chi connectivity index (χ1v) is 5.29. The van der Waals surface area contributed by atoms with Gasteiger partial charge in [-0.3, -0.25) is 4.79 Å². The third kappa shape index (κ3) is 1.39. The summed E-state index contributed by atoms with van der Waals surface area (Å²) in [4.78, 5) is 11.2. The Morgan fingerprint density at radius 3 is 3.00 bits per heavy atom. The number of carbonyl (C=O) groups excluding carboxylic acids is 1. The van der Waals surface area contributed by atoms with E-state index >= 15 is 0 Å². The number of Topliss-reactive ketones (excluding diaryl/α,β-unsaturated/α-hetero) is 1. The van der Waals surface area contributed by atoms with Gasteiger partial charge in [0.15, 0.2) is 0 Å². The molecule has 2 saturated carbocycles. The van der Waals surface area contributed by atoms with Crippen molar-refractivity contribution in [3.8, 4) is 0 Å². The van der Waals surface area contributed by atoms with Gasteiger partial charge in [0.05, 0.1) is 0 Å². The van der Waals surface area contributed by atoms with E-state index in [1.54, 1.807) is 0 Å². The van der Waals surface area contributed by atoms with Crippen LogP contribution >= 0.6 is 11.6 Å². The van der Waals surface area contributed by atoms with Gasteiger partial charge in [-0.2, -0.15) is 0 Å². The summed E-state index contributed by atoms with van der Waals surface area (Å²) in [6.07, 6.45) is 7.24. The zero-order valence-electron chi connectivity index (χ0n) is 7.31. The third-order valence-corrected chi connectivity index (χ3v) is 4.11. The highest BCUT2D eigenvalue weighted by Crippen LogP contribution is 2.47. The highest BCUT2D eigenvalue weighted by Gasteiger charge is 2.42. The Morgan fingerprint density at radius 1 is 1.33 bits per heavy atom. The Labute approximate surface area is 78.5 Å². The van der Waals surface area contributed by atoms with E-state index in [4.69, 9.17) is 11.6 Å². The van der Waals surface area contributed by atoms with Crippen LogP contribution in [0.4, 0.5) is 0 Å². The number of hydrogen-bond acceptors (Lipinski definition) is 1. The molecule has 2 rings (SSSR count). The molecule has 0 heterocycles. The molecule has 0 aromatic carbocycles. The van der Waals surface area contributed by atoms with Crippen molar-refractivity contribution in [2.24, 2.45) is 5.92 Å². The minimum atomic E-state index is 0.00611. The van der Waals surface area contributed by atoms with Gasteiger partial charge in [0.25, 0.3) is 0 Å². The lowest BCUT2D eigenvalue weighted by Gasteiger charge is -2.42. The van der Waals surface area contributed by atoms with Crippen molar-refractivity contribution in [2.45, 2.75) is 49.8 Å². The molecule has 0 N–H and O–H groups in total. The van der Waals surface area contributed by atoms with Gasteiger partial charge in [-0.25, -0.2) is 0 Å². The summed E-state index contributed by atoms with van der Waals surface area (Å²) in [6, 6.07) is 0. The lowest BCUT2D eigenvalue weighted by Crippen LogP contribution is -2.40. The maximum Gasteiger partial charge on any atom is 0.133 e. The Bertz CT molecular complexity index is 202. The van der Waals surface area contributed by atoms with Gasteiger partial charge in [0.2, 0.25) is 0 Å². The van der Waals surface area contributed by atoms with E-state index in [0.29, 0.717) is 11.7 Å². The van der Waals surface area contributed by atoms with Gasteiger partial charge in [-0.05, 0) is 25.2 Å². The lowest BCUT2D eigenvalue weighted by atomic mass is 9.70. The molecule has 0 aliphatic heterocycles. The van der Waals surface area contributed by atoms with Crippen LogP contribution in [0.2, 0.25) is 0 Å². The van der Waals surface area contributed by atoms with Crippen molar-refractivity contribution in [1.29, 1.82) is 0 Å². The maximum atomic E-state index is 11.2. The second kappa shape index (κ2) is 3.02. The van der Waals surface area contributed by atoms with Crippen LogP contribution in [0.5, 0.6) is 0 Å². The van der Waals surface area contributed by atoms with Crippen LogP contribution < -0.4 is 0 Å². The molecule has 0 amide bonds. The number of halogens is 1. The number of rotatable bonds is 0. The predicted octanol–water partition coefficient (Wildman–Crippen LogP) is 2.91. The molecular weight excluding hydrogens is 172 g/mol. The van der Waals surface area contributed by atoms with E-state index in [0.717, 1.165) is 25.7 Å². The first kappa shape index (κ1) is 8.55. The Morgan fingerprint density at radius 2 is 2.17 bits per heavy atom. The van der Waals surface area contributed by atoms with Crippen LogP contribution in [0.3, 0.4) is 0 Å². The summed E-state index contributed by atoms with van der Waals surface area (Å²) >= 11 is 6.49. The number of fused-ring (bicyclic) bond motifs is 1. The van der Waals surface area contributed by atoms with Gasteiger partial charge >= 0.3 is 0 Å². The van der Waals surface area contributed by atoms with E-state index in [2.05, 4.69) is 0 Å². The quantitative estimate of drug-likeness (QED) is 0.532. The van der Waals surface area contributed by atoms with Crippen LogP contribution in [0.15, 0.2) is 0 Å². The van der Waals surface area contributed by atoms with Crippen LogP contribution in [0, 0.1) is 5.92 Å². The molecule has 0 saturated heterocycles. The first-order chi connectivity index (χ1) is 5.71. The number of hydrogen-bond donors (Lipinski definition) is 0. The second-order valence-corrected chi connectivity index (χ2v) is 4.97. The summed E-state index contributed by atoms with van der Waals surface area (Å²) in [6.45, 7) is 0. The van der Waals surface area contributed by atoms with Gasteiger partial charge in [0, 0.05) is 17.7 Å². The number of alkyl halides is 1. The standard InChI is InChI=1S/C10H15ClO/c11-10-5-2-1-3-8(10)7-9(12)4-6-10/h8H,1-7H2/t8-,10+/m1/s1. The lowest BCUT2D eigenvalue weighted by molar-refractivity contribution is -0.122. The number of carbonyl (C=O) groups is 1. The summed E-state index contributed by atoms with van der Waals surface area (Å²) in [7, 11) is 0. The molecule has 1 nitrogen and oxygen atoms in total. The fourth-order valence-electron chi connectivity index (χ4n) is 2.61. The average Bonchev–Trinajstić information content (AvgIpc) is 2.06. The first-order valence-electron chi connectivity index (χ1n) is 4.91. The van der Waals surface area contributed by atoms with Gasteiger partial charge in [0.1, 0.15) is 5.78 Å². The molecule has 68 valence electrons. The van der Waals surface area contributed by atoms with Crippen molar-refractivity contribution in [1.82, 2.24) is 0 Å². The fourth-order valence-corrected chi connectivity index (χ4v) is 3.03. The summed E-state index contributed by atoms with van der Waals surface area (Å²) in [5, 5.41) is 0. The Balaban J connectivity index is 2.11. The van der Waals surface area contributed by atoms with Gasteiger partial charge in [-0.15, -0.1) is 11.6 Å². The van der Waals surface area contributed by atoms with Gasteiger partial charge < -0.3 is 0 Å². The molecule has 2 atom stereocenters. The van der Waals surface area contributed by atoms with Crippen molar-refractivity contribution >= 4 is 17.4 Å². The van der Waals surface area contributed by atoms with Gasteiger partial charge in [-0.1, -0.05) is 12.8 Å². The molecule has 0 bridgehead atoms. The molecule has 2 heteroatoms. The monoisotopic (exact) mass is 186 g/mol. The Hall–Kier alpha value is -0.0400. The maximum absolute atomic E-state index is 11.2. The summed E-state index contributed by atoms with van der Waals surface area (Å²) in [5.74, 6) is 0.923. The molecule has 0 aromatic rings. The molecular formula is C10H15ClO. The zero-order valence-corrected chi connectivity index (χ0v) is 8.07. The van der Waals surface area contributed by atoms with Crippen LogP contribution in [-0.2, 0) is 4.79 Å². The average molecular weight is 187 g/mol. The molecule has 0 radical (unpaired) electrons. The largest absolute Gasteiger partial charge is 0.300 e. The topological polar surface area (TPSA) is 17.1 Å². The van der Waals surface area contributed by atoms with E-state index in [1.807, 2.05) is 0 Å². The molecule has 12 heavy (non-hydrogen) atoms. The van der Waals surface area contributed by atoms with Crippen LogP contribution in [0.25, 0.3) is 0 Å². The van der Waals surface area contributed by atoms with Crippen molar-refractivity contribution in [2.75, 3.05) is 0 Å². The smallest absolute Gasteiger partial charge is 0.133 e. The minimum Gasteiger partial charge on any atom is -0.300 e. The SMILES string of the molecule is O=C1CC[C@@]2(Cl)CCCC[C@@H]2C1. The molecule has 2 fully saturated rings. The van der Waals surface area contributed by atoms with Crippen molar-refractivity contribution in [3.63, 3.8) is 0 Å². The van der Waals surface area contributed by atoms with E-state index in [-0.39, 0.29) is 4.87 Å². The molecule has 2 aliphatic carbocycles. The third-order valence-electron chi connectivity index (χ3n) is 3.42.